The maximum atomic E-state index is 13.2. The highest BCUT2D eigenvalue weighted by molar-refractivity contribution is 5.94. The number of pyridine rings is 1. The van der Waals surface area contributed by atoms with Gasteiger partial charge >= 0.3 is 0 Å². The van der Waals surface area contributed by atoms with Crippen LogP contribution in [0.2, 0.25) is 0 Å². The molecule has 1 N–H and O–H groups in total. The lowest BCUT2D eigenvalue weighted by Crippen LogP contribution is -2.34. The highest BCUT2D eigenvalue weighted by atomic mass is 16.3. The van der Waals surface area contributed by atoms with E-state index in [1.165, 1.54) is 0 Å². The molecular weight excluding hydrogens is 352 g/mol. The van der Waals surface area contributed by atoms with Gasteiger partial charge in [-0.05, 0) is 17.7 Å². The molecule has 0 saturated carbocycles. The van der Waals surface area contributed by atoms with Crippen molar-refractivity contribution in [2.45, 2.75) is 19.1 Å². The topological polar surface area (TPSA) is 61.1 Å². The quantitative estimate of drug-likeness (QED) is 0.671. The number of amides is 1. The Labute approximate surface area is 164 Å². The van der Waals surface area contributed by atoms with Gasteiger partial charge in [0.15, 0.2) is 5.69 Å². The molecule has 1 aliphatic heterocycles. The number of hydrogen-bond acceptors (Lipinski definition) is 4. The Balaban J connectivity index is 1.65. The number of carbonyl (C=O) groups excluding carboxylic acids is 1. The van der Waals surface area contributed by atoms with Crippen LogP contribution in [0.5, 0.6) is 0 Å². The van der Waals surface area contributed by atoms with Crippen LogP contribution in [0, 0.1) is 0 Å². The van der Waals surface area contributed by atoms with Gasteiger partial charge in [0, 0.05) is 32.9 Å². The molecule has 0 aliphatic carbocycles. The van der Waals surface area contributed by atoms with Crippen molar-refractivity contribution >= 4 is 11.6 Å². The second kappa shape index (κ2) is 7.96. The summed E-state index contributed by atoms with van der Waals surface area (Å²) in [6, 6.07) is 15.7. The Bertz CT molecular complexity index is 996. The van der Waals surface area contributed by atoms with Crippen molar-refractivity contribution in [1.82, 2.24) is 19.2 Å². The lowest BCUT2D eigenvalue weighted by molar-refractivity contribution is 0.0776. The van der Waals surface area contributed by atoms with Gasteiger partial charge in [-0.1, -0.05) is 48.6 Å². The molecule has 0 radical (unpaired) electrons. The van der Waals surface area contributed by atoms with Gasteiger partial charge in [-0.2, -0.15) is 0 Å². The fourth-order valence-corrected chi connectivity index (χ4v) is 3.64. The molecule has 0 bridgehead atoms. The van der Waals surface area contributed by atoms with Crippen LogP contribution in [0.25, 0.3) is 5.65 Å². The van der Waals surface area contributed by atoms with Crippen LogP contribution in [-0.4, -0.2) is 56.4 Å². The molecule has 6 heteroatoms. The molecule has 6 nitrogen and oxygen atoms in total. The third-order valence-corrected chi connectivity index (χ3v) is 5.15. The van der Waals surface area contributed by atoms with Gasteiger partial charge < -0.3 is 14.4 Å². The Morgan fingerprint density at radius 3 is 2.79 bits per heavy atom. The molecule has 144 valence electrons. The summed E-state index contributed by atoms with van der Waals surface area (Å²) >= 11 is 0. The van der Waals surface area contributed by atoms with E-state index in [4.69, 9.17) is 0 Å². The number of rotatable bonds is 6. The number of nitrogens with zero attached hydrogens (tertiary/aromatic N) is 4. The van der Waals surface area contributed by atoms with Crippen LogP contribution in [0.1, 0.15) is 21.7 Å². The van der Waals surface area contributed by atoms with E-state index in [-0.39, 0.29) is 18.6 Å². The third kappa shape index (κ3) is 3.56. The van der Waals surface area contributed by atoms with Crippen LogP contribution in [0.4, 0.5) is 0 Å². The molecular formula is C22H24N4O2. The molecule has 0 saturated heterocycles. The van der Waals surface area contributed by atoms with Gasteiger partial charge in [-0.3, -0.25) is 9.69 Å². The van der Waals surface area contributed by atoms with Gasteiger partial charge in [0.05, 0.1) is 18.3 Å². The number of hydrogen-bond donors (Lipinski definition) is 1. The SMILES string of the molecule is CN(Cc1ccccc1)C(=O)c1nc2ccccn2c1CN1CC=C[C@H]1CO. The summed E-state index contributed by atoms with van der Waals surface area (Å²) in [6.07, 6.45) is 5.99. The van der Waals surface area contributed by atoms with Gasteiger partial charge in [0.1, 0.15) is 5.65 Å². The minimum atomic E-state index is -0.102. The second-order valence-electron chi connectivity index (χ2n) is 7.09. The van der Waals surface area contributed by atoms with Crippen molar-refractivity contribution in [3.8, 4) is 0 Å². The lowest BCUT2D eigenvalue weighted by Gasteiger charge is -2.23. The maximum Gasteiger partial charge on any atom is 0.274 e. The zero-order valence-corrected chi connectivity index (χ0v) is 15.9. The Morgan fingerprint density at radius 2 is 2.00 bits per heavy atom. The second-order valence-corrected chi connectivity index (χ2v) is 7.09. The predicted molar refractivity (Wildman–Crippen MR) is 108 cm³/mol. The standard InChI is InChI=1S/C22H24N4O2/c1-24(14-17-8-3-2-4-9-17)22(28)21-19(15-25-12-7-10-18(25)16-27)26-13-6-5-11-20(26)23-21/h2-11,13,18,27H,12,14-16H2,1H3/t18-/m0/s1. The number of aliphatic hydroxyl groups is 1. The van der Waals surface area contributed by atoms with Gasteiger partial charge in [0.25, 0.3) is 5.91 Å². The van der Waals surface area contributed by atoms with E-state index in [1.807, 2.05) is 71.3 Å². The van der Waals surface area contributed by atoms with Crippen molar-refractivity contribution in [2.75, 3.05) is 20.2 Å². The van der Waals surface area contributed by atoms with Crippen molar-refractivity contribution in [3.05, 3.63) is 83.8 Å². The van der Waals surface area contributed by atoms with E-state index in [1.54, 1.807) is 11.9 Å². The normalized spacial score (nSPS) is 16.7. The molecule has 1 atom stereocenters. The van der Waals surface area contributed by atoms with Crippen LogP contribution in [-0.2, 0) is 13.1 Å². The van der Waals surface area contributed by atoms with Gasteiger partial charge in [-0.25, -0.2) is 4.98 Å². The fraction of sp³-hybridized carbons (Fsp3) is 0.273. The zero-order chi connectivity index (χ0) is 19.5. The first-order chi connectivity index (χ1) is 13.7. The summed E-state index contributed by atoms with van der Waals surface area (Å²) in [5, 5.41) is 9.62. The zero-order valence-electron chi connectivity index (χ0n) is 15.9. The van der Waals surface area contributed by atoms with Crippen molar-refractivity contribution < 1.29 is 9.90 Å². The molecule has 2 aromatic heterocycles. The van der Waals surface area contributed by atoms with E-state index < -0.39 is 0 Å². The first kappa shape index (κ1) is 18.4. The third-order valence-electron chi connectivity index (χ3n) is 5.15. The molecule has 0 fully saturated rings. The van der Waals surface area contributed by atoms with Gasteiger partial charge in [0.2, 0.25) is 0 Å². The molecule has 1 aliphatic rings. The summed E-state index contributed by atoms with van der Waals surface area (Å²) in [4.78, 5) is 21.7. The van der Waals surface area contributed by atoms with E-state index in [9.17, 15) is 9.90 Å². The minimum absolute atomic E-state index is 0.0285. The highest BCUT2D eigenvalue weighted by Gasteiger charge is 2.26. The average Bonchev–Trinajstić information content (AvgIpc) is 3.33. The van der Waals surface area contributed by atoms with Crippen LogP contribution in [0.15, 0.2) is 66.9 Å². The fourth-order valence-electron chi connectivity index (χ4n) is 3.64. The molecule has 3 aromatic rings. The summed E-state index contributed by atoms with van der Waals surface area (Å²) in [5.74, 6) is -0.102. The van der Waals surface area contributed by atoms with E-state index >= 15 is 0 Å². The average molecular weight is 376 g/mol. The van der Waals surface area contributed by atoms with Crippen molar-refractivity contribution in [1.29, 1.82) is 0 Å². The highest BCUT2D eigenvalue weighted by Crippen LogP contribution is 2.20. The van der Waals surface area contributed by atoms with Crippen LogP contribution >= 0.6 is 0 Å². The Hall–Kier alpha value is -2.96. The van der Waals surface area contributed by atoms with Crippen LogP contribution in [0.3, 0.4) is 0 Å². The number of benzene rings is 1. The molecule has 28 heavy (non-hydrogen) atoms. The molecule has 4 rings (SSSR count). The Kier molecular flexibility index (Phi) is 5.23. The number of imidazole rings is 1. The van der Waals surface area contributed by atoms with E-state index in [0.29, 0.717) is 18.8 Å². The predicted octanol–water partition coefficient (Wildman–Crippen LogP) is 2.34. The lowest BCUT2D eigenvalue weighted by atomic mass is 10.2. The maximum absolute atomic E-state index is 13.2. The number of carbonyl (C=O) groups is 1. The molecule has 0 spiro atoms. The largest absolute Gasteiger partial charge is 0.394 e. The summed E-state index contributed by atoms with van der Waals surface area (Å²) in [5.41, 5.74) is 3.14. The first-order valence-corrected chi connectivity index (χ1v) is 9.44. The Morgan fingerprint density at radius 1 is 1.21 bits per heavy atom. The smallest absolute Gasteiger partial charge is 0.274 e. The molecule has 3 heterocycles. The minimum Gasteiger partial charge on any atom is -0.394 e. The van der Waals surface area contributed by atoms with Gasteiger partial charge in [-0.15, -0.1) is 0 Å². The summed E-state index contributed by atoms with van der Waals surface area (Å²) in [7, 11) is 1.80. The number of aliphatic hydroxyl groups excluding tert-OH is 1. The molecule has 0 unspecified atom stereocenters. The number of fused-ring (bicyclic) bond motifs is 1. The summed E-state index contributed by atoms with van der Waals surface area (Å²) in [6.45, 7) is 1.88. The monoisotopic (exact) mass is 376 g/mol. The van der Waals surface area contributed by atoms with E-state index in [2.05, 4.69) is 9.88 Å². The van der Waals surface area contributed by atoms with Crippen molar-refractivity contribution in [2.24, 2.45) is 0 Å². The number of aromatic nitrogens is 2. The molecule has 1 aromatic carbocycles. The molecule has 1 amide bonds. The van der Waals surface area contributed by atoms with Crippen LogP contribution < -0.4 is 0 Å². The van der Waals surface area contributed by atoms with Crippen molar-refractivity contribution in [3.63, 3.8) is 0 Å². The first-order valence-electron chi connectivity index (χ1n) is 9.44. The van der Waals surface area contributed by atoms with E-state index in [0.717, 1.165) is 23.4 Å². The summed E-state index contributed by atoms with van der Waals surface area (Å²) < 4.78 is 1.97.